The lowest BCUT2D eigenvalue weighted by atomic mass is 9.73. The minimum Gasteiger partial charge on any atom is -0.359 e. The van der Waals surface area contributed by atoms with Gasteiger partial charge in [0.25, 0.3) is 0 Å². The van der Waals surface area contributed by atoms with Gasteiger partial charge in [0.1, 0.15) is 11.6 Å². The van der Waals surface area contributed by atoms with Gasteiger partial charge in [0.2, 0.25) is 17.7 Å². The fourth-order valence-corrected chi connectivity index (χ4v) is 8.54. The lowest BCUT2D eigenvalue weighted by molar-refractivity contribution is -0.146. The van der Waals surface area contributed by atoms with Gasteiger partial charge in [0, 0.05) is 22.8 Å². The molecule has 1 spiro atoms. The van der Waals surface area contributed by atoms with Crippen molar-refractivity contribution in [1.82, 2.24) is 10.2 Å². The average molecular weight is 568 g/mol. The van der Waals surface area contributed by atoms with Gasteiger partial charge < -0.3 is 20.3 Å². The molecule has 11 atom stereocenters. The number of benzene rings is 1. The third-order valence-electron chi connectivity index (χ3n) is 11.0. The summed E-state index contributed by atoms with van der Waals surface area (Å²) in [6.07, 6.45) is 9.42. The number of amides is 3. The van der Waals surface area contributed by atoms with E-state index >= 15 is 0 Å². The van der Waals surface area contributed by atoms with Gasteiger partial charge in [-0.05, 0) is 54.7 Å². The zero-order chi connectivity index (χ0) is 28.3. The first-order valence-electron chi connectivity index (χ1n) is 15.2. The molecule has 1 aromatic carbocycles. The second kappa shape index (κ2) is 10.5. The van der Waals surface area contributed by atoms with Crippen molar-refractivity contribution in [1.29, 1.82) is 0 Å². The summed E-state index contributed by atoms with van der Waals surface area (Å²) in [7, 11) is 0. The first kappa shape index (κ1) is 27.8. The maximum Gasteiger partial charge on any atom is 0.246 e. The third-order valence-corrected chi connectivity index (χ3v) is 11.2. The Labute approximate surface area is 242 Å². The summed E-state index contributed by atoms with van der Waals surface area (Å²) in [5.41, 5.74) is -0.573. The van der Waals surface area contributed by atoms with Crippen LogP contribution in [0.15, 0.2) is 36.4 Å². The predicted molar refractivity (Wildman–Crippen MR) is 155 cm³/mol. The standard InChI is InChI=1S/C32H42ClN3O4/c1-17-8-5-12-23(19(17)3)35-30(38)28-32-15-14-25(40-32)26(29(37)34-22-11-7-10-21(33)16-22)27(32)31(39)36(28)24-13-6-9-18(2)20(24)4/h7,10-11,14-20,23-28H,5-6,8-9,12-13H2,1-4H3,(H,34,37)(H,35,38)/t17-,18+,19-,20+,23+,24-,25+,26-,27+,28+,32+/m1/s1. The number of ether oxygens (including phenoxy) is 1. The second-order valence-corrected chi connectivity index (χ2v) is 13.6. The first-order chi connectivity index (χ1) is 19.1. The van der Waals surface area contributed by atoms with Crippen LogP contribution in [0.25, 0.3) is 0 Å². The van der Waals surface area contributed by atoms with Crippen LogP contribution in [0.2, 0.25) is 5.02 Å². The van der Waals surface area contributed by atoms with E-state index in [1.54, 1.807) is 24.3 Å². The smallest absolute Gasteiger partial charge is 0.246 e. The maximum absolute atomic E-state index is 14.5. The van der Waals surface area contributed by atoms with Crippen LogP contribution < -0.4 is 10.6 Å². The van der Waals surface area contributed by atoms with Crippen LogP contribution in [-0.4, -0.2) is 52.5 Å². The van der Waals surface area contributed by atoms with Crippen molar-refractivity contribution in [3.05, 3.63) is 41.4 Å². The fraction of sp³-hybridized carbons (Fsp3) is 0.656. The largest absolute Gasteiger partial charge is 0.359 e. The lowest BCUT2D eigenvalue weighted by Gasteiger charge is -2.44. The molecular weight excluding hydrogens is 526 g/mol. The number of nitrogens with zero attached hydrogens (tertiary/aromatic N) is 1. The van der Waals surface area contributed by atoms with Crippen LogP contribution >= 0.6 is 11.6 Å². The van der Waals surface area contributed by atoms with E-state index in [0.717, 1.165) is 32.1 Å². The molecule has 216 valence electrons. The van der Waals surface area contributed by atoms with E-state index in [4.69, 9.17) is 16.3 Å². The van der Waals surface area contributed by atoms with E-state index in [-0.39, 0.29) is 35.7 Å². The van der Waals surface area contributed by atoms with Crippen molar-refractivity contribution in [3.63, 3.8) is 0 Å². The molecule has 3 amide bonds. The molecule has 2 N–H and O–H groups in total. The Morgan fingerprint density at radius 3 is 2.48 bits per heavy atom. The van der Waals surface area contributed by atoms with Gasteiger partial charge in [-0.3, -0.25) is 14.4 Å². The SMILES string of the molecule is C[C@@H]1[C@H](C)CCC[C@@H]1NC(=O)[C@@H]1N([C@@H]2CCC[C@H](C)[C@@H]2C)C(=O)[C@@H]2[C@H](C(=O)Nc3cccc(Cl)c3)[C@@H]3C=C[C@]21O3. The van der Waals surface area contributed by atoms with Gasteiger partial charge in [-0.15, -0.1) is 0 Å². The fourth-order valence-electron chi connectivity index (χ4n) is 8.35. The maximum atomic E-state index is 14.5. The molecule has 2 bridgehead atoms. The van der Waals surface area contributed by atoms with Crippen LogP contribution in [0.4, 0.5) is 5.69 Å². The van der Waals surface area contributed by atoms with Crippen LogP contribution in [0.5, 0.6) is 0 Å². The van der Waals surface area contributed by atoms with Crippen molar-refractivity contribution in [2.24, 2.45) is 35.5 Å². The predicted octanol–water partition coefficient (Wildman–Crippen LogP) is 5.19. The van der Waals surface area contributed by atoms with E-state index in [1.807, 2.05) is 17.1 Å². The highest BCUT2D eigenvalue weighted by Gasteiger charge is 2.73. The number of hydrogen-bond acceptors (Lipinski definition) is 4. The highest BCUT2D eigenvalue weighted by Crippen LogP contribution is 2.57. The van der Waals surface area contributed by atoms with Crippen molar-refractivity contribution in [2.75, 3.05) is 5.32 Å². The van der Waals surface area contributed by atoms with E-state index < -0.39 is 29.6 Å². The highest BCUT2D eigenvalue weighted by atomic mass is 35.5. The zero-order valence-electron chi connectivity index (χ0n) is 23.9. The Bertz CT molecular complexity index is 1220. The van der Waals surface area contributed by atoms with Gasteiger partial charge in [-0.25, -0.2) is 0 Å². The monoisotopic (exact) mass is 567 g/mol. The Kier molecular flexibility index (Phi) is 7.27. The third kappa shape index (κ3) is 4.39. The number of halogens is 1. The molecule has 8 heteroatoms. The summed E-state index contributed by atoms with van der Waals surface area (Å²) >= 11 is 6.15. The van der Waals surface area contributed by atoms with Crippen LogP contribution in [0.3, 0.4) is 0 Å². The summed E-state index contributed by atoms with van der Waals surface area (Å²) < 4.78 is 6.58. The number of hydrogen-bond donors (Lipinski definition) is 2. The number of likely N-dealkylation sites (tertiary alicyclic amines) is 1. The topological polar surface area (TPSA) is 87.7 Å². The molecule has 3 heterocycles. The average Bonchev–Trinajstić information content (AvgIpc) is 3.56. The molecule has 3 aliphatic heterocycles. The number of anilines is 1. The molecule has 0 unspecified atom stereocenters. The van der Waals surface area contributed by atoms with Gasteiger partial charge in [0.05, 0.1) is 17.9 Å². The number of carbonyl (C=O) groups is 3. The Balaban J connectivity index is 1.35. The van der Waals surface area contributed by atoms with Crippen LogP contribution in [-0.2, 0) is 19.1 Å². The molecule has 2 aliphatic carbocycles. The van der Waals surface area contributed by atoms with Crippen molar-refractivity contribution < 1.29 is 19.1 Å². The Hall–Kier alpha value is -2.38. The van der Waals surface area contributed by atoms with Crippen molar-refractivity contribution >= 4 is 35.0 Å². The van der Waals surface area contributed by atoms with Crippen molar-refractivity contribution in [2.45, 2.75) is 96.1 Å². The number of rotatable bonds is 5. The minimum absolute atomic E-state index is 0.0656. The lowest BCUT2D eigenvalue weighted by Crippen LogP contribution is -2.61. The van der Waals surface area contributed by atoms with Crippen molar-refractivity contribution in [3.8, 4) is 0 Å². The molecule has 2 saturated heterocycles. The molecule has 2 saturated carbocycles. The Morgan fingerprint density at radius 2 is 1.73 bits per heavy atom. The molecule has 0 aromatic heterocycles. The molecule has 5 aliphatic rings. The quantitative estimate of drug-likeness (QED) is 0.479. The number of nitrogens with one attached hydrogen (secondary N) is 2. The molecule has 40 heavy (non-hydrogen) atoms. The molecule has 0 radical (unpaired) electrons. The van der Waals surface area contributed by atoms with Crippen LogP contribution in [0, 0.1) is 35.5 Å². The summed E-state index contributed by atoms with van der Waals surface area (Å²) in [4.78, 5) is 44.4. The minimum atomic E-state index is -1.15. The second-order valence-electron chi connectivity index (χ2n) is 13.2. The van der Waals surface area contributed by atoms with E-state index in [2.05, 4.69) is 38.3 Å². The van der Waals surface area contributed by atoms with E-state index in [9.17, 15) is 14.4 Å². The summed E-state index contributed by atoms with van der Waals surface area (Å²) in [6.45, 7) is 8.90. The normalized spacial score (nSPS) is 42.1. The van der Waals surface area contributed by atoms with Gasteiger partial charge in [-0.1, -0.05) is 83.2 Å². The highest BCUT2D eigenvalue weighted by molar-refractivity contribution is 6.30. The summed E-state index contributed by atoms with van der Waals surface area (Å²) in [5.74, 6) is -0.438. The number of carbonyl (C=O) groups excluding carboxylic acids is 3. The van der Waals surface area contributed by atoms with E-state index in [1.165, 1.54) is 6.42 Å². The van der Waals surface area contributed by atoms with E-state index in [0.29, 0.717) is 28.5 Å². The van der Waals surface area contributed by atoms with Gasteiger partial charge >= 0.3 is 0 Å². The Morgan fingerprint density at radius 1 is 1.00 bits per heavy atom. The molecule has 7 nitrogen and oxygen atoms in total. The summed E-state index contributed by atoms with van der Waals surface area (Å²) in [6, 6.07) is 6.20. The van der Waals surface area contributed by atoms with Gasteiger partial charge in [-0.2, -0.15) is 0 Å². The molecule has 1 aromatic rings. The molecule has 4 fully saturated rings. The summed E-state index contributed by atoms with van der Waals surface area (Å²) in [5, 5.41) is 6.85. The molecular formula is C32H42ClN3O4. The molecule has 6 rings (SSSR count). The first-order valence-corrected chi connectivity index (χ1v) is 15.6. The number of fused-ring (bicyclic) bond motifs is 1. The van der Waals surface area contributed by atoms with Crippen LogP contribution in [0.1, 0.15) is 66.2 Å². The zero-order valence-corrected chi connectivity index (χ0v) is 24.7. The van der Waals surface area contributed by atoms with Gasteiger partial charge in [0.15, 0.2) is 0 Å².